The van der Waals surface area contributed by atoms with Crippen molar-refractivity contribution in [2.75, 3.05) is 10.2 Å². The Kier molecular flexibility index (Phi) is 4.77. The van der Waals surface area contributed by atoms with Gasteiger partial charge in [-0.3, -0.25) is 14.4 Å². The van der Waals surface area contributed by atoms with Crippen LogP contribution in [0.25, 0.3) is 43.6 Å². The number of benzene rings is 5. The van der Waals surface area contributed by atoms with Gasteiger partial charge in [0.1, 0.15) is 0 Å². The van der Waals surface area contributed by atoms with Gasteiger partial charge in [0.05, 0.1) is 27.8 Å². The standard InChI is InChI=1S/C31H18N4O3/c36-27-15-16-28(37)35(27)20-12-9-18(10-13-20)31(38)32-19-11-14-25-26(17-19)34-30-24-8-4-2-6-22(24)21-5-1-3-7-23(21)29(30)33-25/h1-17H,(H,32,38). The fourth-order valence-electron chi connectivity index (χ4n) is 4.98. The molecular weight excluding hydrogens is 476 g/mol. The number of anilines is 2. The summed E-state index contributed by atoms with van der Waals surface area (Å²) in [7, 11) is 0. The zero-order valence-electron chi connectivity index (χ0n) is 19.9. The normalized spacial score (nSPS) is 13.3. The lowest BCUT2D eigenvalue weighted by Crippen LogP contribution is -2.29. The van der Waals surface area contributed by atoms with E-state index in [1.807, 2.05) is 36.4 Å². The SMILES string of the molecule is O=C(Nc1ccc2nc3c4ccccc4c4ccccc4c3nc2c1)c1ccc(N2C(=O)C=CC2=O)cc1. The summed E-state index contributed by atoms with van der Waals surface area (Å²) in [5.74, 6) is -1.13. The number of hydrogen-bond acceptors (Lipinski definition) is 5. The van der Waals surface area contributed by atoms with E-state index in [1.165, 1.54) is 12.2 Å². The molecule has 7 heteroatoms. The van der Waals surface area contributed by atoms with Crippen LogP contribution in [0, 0.1) is 0 Å². The molecule has 0 saturated carbocycles. The molecule has 0 fully saturated rings. The molecule has 0 aliphatic carbocycles. The van der Waals surface area contributed by atoms with Crippen molar-refractivity contribution in [3.8, 4) is 0 Å². The van der Waals surface area contributed by atoms with Crippen LogP contribution >= 0.6 is 0 Å². The van der Waals surface area contributed by atoms with E-state index in [4.69, 9.17) is 9.97 Å². The molecule has 1 aliphatic rings. The largest absolute Gasteiger partial charge is 0.322 e. The second-order valence-corrected chi connectivity index (χ2v) is 9.06. The molecule has 0 saturated heterocycles. The molecular formula is C31H18N4O3. The molecule has 6 aromatic rings. The lowest BCUT2D eigenvalue weighted by atomic mass is 9.99. The number of carbonyl (C=O) groups excluding carboxylic acids is 3. The quantitative estimate of drug-likeness (QED) is 0.192. The molecule has 0 atom stereocenters. The predicted octanol–water partition coefficient (Wildman–Crippen LogP) is 5.77. The van der Waals surface area contributed by atoms with Gasteiger partial charge in [-0.15, -0.1) is 0 Å². The Morgan fingerprint density at radius 2 is 1.18 bits per heavy atom. The van der Waals surface area contributed by atoms with Crippen molar-refractivity contribution in [2.24, 2.45) is 0 Å². The Morgan fingerprint density at radius 1 is 0.632 bits per heavy atom. The zero-order valence-corrected chi connectivity index (χ0v) is 19.9. The van der Waals surface area contributed by atoms with Crippen molar-refractivity contribution < 1.29 is 14.4 Å². The Balaban J connectivity index is 1.25. The van der Waals surface area contributed by atoms with E-state index in [9.17, 15) is 14.4 Å². The molecule has 1 aliphatic heterocycles. The fraction of sp³-hybridized carbons (Fsp3) is 0. The van der Waals surface area contributed by atoms with Crippen LogP contribution in [0.5, 0.6) is 0 Å². The molecule has 7 rings (SSSR count). The van der Waals surface area contributed by atoms with Crippen LogP contribution in [0.2, 0.25) is 0 Å². The van der Waals surface area contributed by atoms with Gasteiger partial charge in [-0.25, -0.2) is 14.9 Å². The van der Waals surface area contributed by atoms with Gasteiger partial charge in [-0.05, 0) is 53.2 Å². The summed E-state index contributed by atoms with van der Waals surface area (Å²) in [5.41, 5.74) is 4.44. The molecule has 180 valence electrons. The van der Waals surface area contributed by atoms with Crippen LogP contribution in [0.1, 0.15) is 10.4 Å². The van der Waals surface area contributed by atoms with Crippen molar-refractivity contribution in [1.82, 2.24) is 9.97 Å². The number of imide groups is 1. The van der Waals surface area contributed by atoms with Gasteiger partial charge in [0.25, 0.3) is 17.7 Å². The third-order valence-corrected chi connectivity index (χ3v) is 6.77. The molecule has 1 N–H and O–H groups in total. The number of nitrogens with one attached hydrogen (secondary N) is 1. The average Bonchev–Trinajstić information content (AvgIpc) is 3.29. The summed E-state index contributed by atoms with van der Waals surface area (Å²) in [5, 5.41) is 7.22. The van der Waals surface area contributed by atoms with Gasteiger partial charge >= 0.3 is 0 Å². The van der Waals surface area contributed by atoms with E-state index in [0.29, 0.717) is 22.5 Å². The lowest BCUT2D eigenvalue weighted by molar-refractivity contribution is -0.119. The van der Waals surface area contributed by atoms with Crippen molar-refractivity contribution in [2.45, 2.75) is 0 Å². The van der Waals surface area contributed by atoms with Crippen LogP contribution < -0.4 is 10.2 Å². The first-order valence-electron chi connectivity index (χ1n) is 12.1. The van der Waals surface area contributed by atoms with Crippen molar-refractivity contribution >= 4 is 72.7 Å². The van der Waals surface area contributed by atoms with E-state index in [-0.39, 0.29) is 5.91 Å². The van der Waals surface area contributed by atoms with Gasteiger partial charge in [0.2, 0.25) is 0 Å². The minimum atomic E-state index is -0.405. The summed E-state index contributed by atoms with van der Waals surface area (Å²) in [6, 6.07) is 28.1. The first-order valence-corrected chi connectivity index (χ1v) is 12.1. The number of hydrogen-bond donors (Lipinski definition) is 1. The maximum atomic E-state index is 12.9. The molecule has 0 bridgehead atoms. The van der Waals surface area contributed by atoms with Gasteiger partial charge in [-0.1, -0.05) is 48.5 Å². The van der Waals surface area contributed by atoms with E-state index >= 15 is 0 Å². The lowest BCUT2D eigenvalue weighted by Gasteiger charge is -2.14. The van der Waals surface area contributed by atoms with E-state index in [1.54, 1.807) is 30.3 Å². The topological polar surface area (TPSA) is 92.3 Å². The second-order valence-electron chi connectivity index (χ2n) is 9.06. The predicted molar refractivity (Wildman–Crippen MR) is 148 cm³/mol. The highest BCUT2D eigenvalue weighted by molar-refractivity contribution is 6.28. The van der Waals surface area contributed by atoms with Crippen LogP contribution in [-0.2, 0) is 9.59 Å². The number of fused-ring (bicyclic) bond motifs is 7. The van der Waals surface area contributed by atoms with Crippen LogP contribution in [0.15, 0.2) is 103 Å². The Bertz CT molecular complexity index is 1990. The van der Waals surface area contributed by atoms with Crippen LogP contribution in [0.4, 0.5) is 11.4 Å². The van der Waals surface area contributed by atoms with Gasteiger partial charge in [0.15, 0.2) is 0 Å². The first-order chi connectivity index (χ1) is 18.6. The second kappa shape index (κ2) is 8.31. The molecule has 5 aromatic carbocycles. The first kappa shape index (κ1) is 21.8. The number of amides is 3. The highest BCUT2D eigenvalue weighted by atomic mass is 16.2. The van der Waals surface area contributed by atoms with Crippen LogP contribution in [-0.4, -0.2) is 27.7 Å². The number of carbonyl (C=O) groups is 3. The third kappa shape index (κ3) is 3.41. The number of aromatic nitrogens is 2. The van der Waals surface area contributed by atoms with Gasteiger partial charge in [-0.2, -0.15) is 0 Å². The summed E-state index contributed by atoms with van der Waals surface area (Å²) < 4.78 is 0. The molecule has 38 heavy (non-hydrogen) atoms. The van der Waals surface area contributed by atoms with Crippen molar-refractivity contribution in [3.05, 3.63) is 109 Å². The third-order valence-electron chi connectivity index (χ3n) is 6.77. The smallest absolute Gasteiger partial charge is 0.258 e. The zero-order chi connectivity index (χ0) is 25.8. The minimum absolute atomic E-state index is 0.321. The fourth-order valence-corrected chi connectivity index (χ4v) is 4.98. The highest BCUT2D eigenvalue weighted by Gasteiger charge is 2.25. The van der Waals surface area contributed by atoms with E-state index < -0.39 is 11.8 Å². The number of nitrogens with zero attached hydrogens (tertiary/aromatic N) is 3. The average molecular weight is 495 g/mol. The molecule has 1 aromatic heterocycles. The highest BCUT2D eigenvalue weighted by Crippen LogP contribution is 2.34. The molecule has 0 spiro atoms. The summed E-state index contributed by atoms with van der Waals surface area (Å²) in [4.78, 5) is 47.7. The Morgan fingerprint density at radius 3 is 1.79 bits per heavy atom. The summed E-state index contributed by atoms with van der Waals surface area (Å²) >= 11 is 0. The molecule has 3 amide bonds. The minimum Gasteiger partial charge on any atom is -0.322 e. The van der Waals surface area contributed by atoms with E-state index in [0.717, 1.165) is 43.0 Å². The maximum absolute atomic E-state index is 12.9. The van der Waals surface area contributed by atoms with Crippen molar-refractivity contribution in [1.29, 1.82) is 0 Å². The Labute approximate surface area is 216 Å². The molecule has 7 nitrogen and oxygen atoms in total. The summed E-state index contributed by atoms with van der Waals surface area (Å²) in [6.45, 7) is 0. The van der Waals surface area contributed by atoms with E-state index in [2.05, 4.69) is 29.6 Å². The van der Waals surface area contributed by atoms with Crippen molar-refractivity contribution in [3.63, 3.8) is 0 Å². The maximum Gasteiger partial charge on any atom is 0.258 e. The monoisotopic (exact) mass is 494 g/mol. The van der Waals surface area contributed by atoms with Gasteiger partial charge < -0.3 is 5.32 Å². The molecule has 0 unspecified atom stereocenters. The van der Waals surface area contributed by atoms with Gasteiger partial charge in [0, 0.05) is 34.2 Å². The summed E-state index contributed by atoms with van der Waals surface area (Å²) in [6.07, 6.45) is 2.44. The molecule has 2 heterocycles. The number of rotatable bonds is 3. The van der Waals surface area contributed by atoms with Crippen LogP contribution in [0.3, 0.4) is 0 Å². The molecule has 0 radical (unpaired) electrons. The Hall–Kier alpha value is -5.43.